The Labute approximate surface area is 157 Å². The summed E-state index contributed by atoms with van der Waals surface area (Å²) in [5.74, 6) is -0.681. The number of rotatable bonds is 7. The summed E-state index contributed by atoms with van der Waals surface area (Å²) in [6.45, 7) is 3.54. The summed E-state index contributed by atoms with van der Waals surface area (Å²) >= 11 is 0. The Balaban J connectivity index is 2.03. The van der Waals surface area contributed by atoms with Crippen molar-refractivity contribution < 1.29 is 18.1 Å². The maximum Gasteiger partial charge on any atom is 0.273 e. The lowest BCUT2D eigenvalue weighted by atomic mass is 10.1. The minimum atomic E-state index is -4.14. The first-order chi connectivity index (χ1) is 12.7. The number of benzene rings is 2. The Hall–Kier alpha value is -3.04. The molecule has 0 radical (unpaired) electrons. The van der Waals surface area contributed by atoms with Crippen LogP contribution in [0.3, 0.4) is 0 Å². The van der Waals surface area contributed by atoms with E-state index in [0.29, 0.717) is 5.56 Å². The lowest BCUT2D eigenvalue weighted by molar-refractivity contribution is -0.385. The number of sulfonamides is 1. The molecule has 0 unspecified atom stereocenters. The highest BCUT2D eigenvalue weighted by Gasteiger charge is 2.20. The van der Waals surface area contributed by atoms with E-state index in [4.69, 9.17) is 0 Å². The standard InChI is InChI=1S/C18H19N3O5S/c1-3-14-5-7-15(8-6-14)9-11-18(22)19-20-27(25,26)16-10-4-13(2)17(12-16)21(23)24/h4-12,20H,3H2,1-2H3,(H,19,22)/b11-9+. The van der Waals surface area contributed by atoms with Crippen LogP contribution in [0.15, 0.2) is 53.4 Å². The second-order valence-corrected chi connectivity index (χ2v) is 7.41. The van der Waals surface area contributed by atoms with Crippen LogP contribution in [-0.4, -0.2) is 19.2 Å². The van der Waals surface area contributed by atoms with Crippen molar-refractivity contribution in [3.63, 3.8) is 0 Å². The molecule has 0 aliphatic carbocycles. The summed E-state index contributed by atoms with van der Waals surface area (Å²) in [7, 11) is -4.14. The number of carbonyl (C=O) groups excluding carboxylic acids is 1. The van der Waals surface area contributed by atoms with Crippen molar-refractivity contribution in [2.75, 3.05) is 0 Å². The predicted octanol–water partition coefficient (Wildman–Crippen LogP) is 2.49. The molecule has 1 amide bonds. The Morgan fingerprint density at radius 1 is 1.19 bits per heavy atom. The number of aryl methyl sites for hydroxylation is 2. The average Bonchev–Trinajstić information content (AvgIpc) is 2.65. The Kier molecular flexibility index (Phi) is 6.43. The molecule has 9 heteroatoms. The molecule has 0 atom stereocenters. The molecule has 0 saturated heterocycles. The van der Waals surface area contributed by atoms with Gasteiger partial charge in [-0.3, -0.25) is 20.3 Å². The quantitative estimate of drug-likeness (QED) is 0.428. The molecule has 2 N–H and O–H groups in total. The molecule has 0 aliphatic rings. The van der Waals surface area contributed by atoms with Crippen LogP contribution in [0.2, 0.25) is 0 Å². The topological polar surface area (TPSA) is 118 Å². The van der Waals surface area contributed by atoms with Gasteiger partial charge in [-0.1, -0.05) is 37.3 Å². The van der Waals surface area contributed by atoms with Gasteiger partial charge in [-0.25, -0.2) is 8.42 Å². The van der Waals surface area contributed by atoms with E-state index in [-0.39, 0.29) is 10.6 Å². The molecule has 0 aromatic heterocycles. The third-order valence-corrected chi connectivity index (χ3v) is 5.06. The fourth-order valence-corrected chi connectivity index (χ4v) is 3.07. The normalized spacial score (nSPS) is 11.5. The first-order valence-electron chi connectivity index (χ1n) is 8.07. The van der Waals surface area contributed by atoms with E-state index in [2.05, 4.69) is 0 Å². The third-order valence-electron chi connectivity index (χ3n) is 3.81. The van der Waals surface area contributed by atoms with Crippen molar-refractivity contribution in [2.45, 2.75) is 25.2 Å². The average molecular weight is 389 g/mol. The number of nitrogens with zero attached hydrogens (tertiary/aromatic N) is 1. The van der Waals surface area contributed by atoms with Crippen LogP contribution in [0, 0.1) is 17.0 Å². The van der Waals surface area contributed by atoms with Crippen molar-refractivity contribution in [3.05, 3.63) is 75.3 Å². The fourth-order valence-electron chi connectivity index (χ4n) is 2.21. The number of nitro benzene ring substituents is 1. The Morgan fingerprint density at radius 2 is 1.85 bits per heavy atom. The lowest BCUT2D eigenvalue weighted by Gasteiger charge is -2.07. The second-order valence-electron chi connectivity index (χ2n) is 5.73. The molecule has 0 bridgehead atoms. The maximum absolute atomic E-state index is 12.2. The molecule has 0 fully saturated rings. The van der Waals surface area contributed by atoms with Gasteiger partial charge in [0, 0.05) is 17.7 Å². The van der Waals surface area contributed by atoms with E-state index in [1.54, 1.807) is 6.08 Å². The highest BCUT2D eigenvalue weighted by molar-refractivity contribution is 7.89. The second kappa shape index (κ2) is 8.56. The van der Waals surface area contributed by atoms with E-state index >= 15 is 0 Å². The zero-order valence-corrected chi connectivity index (χ0v) is 15.6. The maximum atomic E-state index is 12.2. The van der Waals surface area contributed by atoms with Crippen molar-refractivity contribution >= 4 is 27.7 Å². The third kappa shape index (κ3) is 5.47. The largest absolute Gasteiger partial charge is 0.274 e. The molecule has 0 saturated carbocycles. The molecule has 27 heavy (non-hydrogen) atoms. The van der Waals surface area contributed by atoms with E-state index in [9.17, 15) is 23.3 Å². The summed E-state index contributed by atoms with van der Waals surface area (Å²) in [6, 6.07) is 11.1. The summed E-state index contributed by atoms with van der Waals surface area (Å²) < 4.78 is 24.4. The van der Waals surface area contributed by atoms with Crippen molar-refractivity contribution in [3.8, 4) is 0 Å². The van der Waals surface area contributed by atoms with Gasteiger partial charge >= 0.3 is 0 Å². The van der Waals surface area contributed by atoms with E-state index in [1.807, 2.05) is 41.4 Å². The minimum absolute atomic E-state index is 0.320. The van der Waals surface area contributed by atoms with Crippen LogP contribution >= 0.6 is 0 Å². The van der Waals surface area contributed by atoms with Crippen LogP contribution in [0.5, 0.6) is 0 Å². The summed E-state index contributed by atoms with van der Waals surface area (Å²) in [4.78, 5) is 23.7. The number of hydrazine groups is 1. The molecule has 0 aliphatic heterocycles. The van der Waals surface area contributed by atoms with E-state index < -0.39 is 20.9 Å². The first kappa shape index (κ1) is 20.3. The van der Waals surface area contributed by atoms with Gasteiger partial charge in [0.2, 0.25) is 0 Å². The molecule has 2 rings (SSSR count). The zero-order valence-electron chi connectivity index (χ0n) is 14.8. The van der Waals surface area contributed by atoms with Crippen molar-refractivity contribution in [2.24, 2.45) is 0 Å². The molecule has 0 heterocycles. The van der Waals surface area contributed by atoms with Crippen LogP contribution in [0.4, 0.5) is 5.69 Å². The monoisotopic (exact) mass is 389 g/mol. The molecule has 8 nitrogen and oxygen atoms in total. The summed E-state index contributed by atoms with van der Waals surface area (Å²) in [5.41, 5.74) is 4.01. The van der Waals surface area contributed by atoms with Gasteiger partial charge in [0.15, 0.2) is 0 Å². The van der Waals surface area contributed by atoms with Crippen LogP contribution in [0.1, 0.15) is 23.6 Å². The summed E-state index contributed by atoms with van der Waals surface area (Å²) in [5, 5.41) is 10.9. The zero-order chi connectivity index (χ0) is 20.0. The number of hydrogen-bond donors (Lipinski definition) is 2. The number of hydrogen-bond acceptors (Lipinski definition) is 5. The van der Waals surface area contributed by atoms with Gasteiger partial charge in [0.05, 0.1) is 9.82 Å². The predicted molar refractivity (Wildman–Crippen MR) is 101 cm³/mol. The van der Waals surface area contributed by atoms with Crippen LogP contribution < -0.4 is 10.3 Å². The molecule has 142 valence electrons. The molecule has 2 aromatic carbocycles. The van der Waals surface area contributed by atoms with Gasteiger partial charge < -0.3 is 0 Å². The highest BCUT2D eigenvalue weighted by atomic mass is 32.2. The lowest BCUT2D eigenvalue weighted by Crippen LogP contribution is -2.40. The van der Waals surface area contributed by atoms with Gasteiger partial charge in [-0.05, 0) is 36.6 Å². The van der Waals surface area contributed by atoms with Crippen LogP contribution in [-0.2, 0) is 21.2 Å². The van der Waals surface area contributed by atoms with Crippen molar-refractivity contribution in [1.82, 2.24) is 10.3 Å². The van der Waals surface area contributed by atoms with Gasteiger partial charge in [-0.15, -0.1) is 4.83 Å². The Morgan fingerprint density at radius 3 is 2.44 bits per heavy atom. The number of carbonyl (C=O) groups is 1. The fraction of sp³-hybridized carbons (Fsp3) is 0.167. The van der Waals surface area contributed by atoms with Gasteiger partial charge in [0.1, 0.15) is 0 Å². The molecular formula is C18H19N3O5S. The molecular weight excluding hydrogens is 370 g/mol. The number of nitro groups is 1. The van der Waals surface area contributed by atoms with Gasteiger partial charge in [0.25, 0.3) is 21.6 Å². The summed E-state index contributed by atoms with van der Waals surface area (Å²) in [6.07, 6.45) is 3.63. The Bertz CT molecular complexity index is 983. The van der Waals surface area contributed by atoms with E-state index in [1.165, 1.54) is 25.1 Å². The van der Waals surface area contributed by atoms with Crippen LogP contribution in [0.25, 0.3) is 6.08 Å². The minimum Gasteiger partial charge on any atom is -0.274 e. The van der Waals surface area contributed by atoms with Crippen molar-refractivity contribution in [1.29, 1.82) is 0 Å². The molecule has 0 spiro atoms. The smallest absolute Gasteiger partial charge is 0.273 e. The number of nitrogens with one attached hydrogen (secondary N) is 2. The first-order valence-corrected chi connectivity index (χ1v) is 9.55. The molecule has 2 aromatic rings. The number of amides is 1. The van der Waals surface area contributed by atoms with E-state index in [0.717, 1.165) is 23.6 Å². The highest BCUT2D eigenvalue weighted by Crippen LogP contribution is 2.21. The SMILES string of the molecule is CCc1ccc(/C=C/C(=O)NNS(=O)(=O)c2ccc(C)c([N+](=O)[O-])c2)cc1. The van der Waals surface area contributed by atoms with Gasteiger partial charge in [-0.2, -0.15) is 0 Å².